The van der Waals surface area contributed by atoms with Gasteiger partial charge >= 0.3 is 0 Å². The van der Waals surface area contributed by atoms with Gasteiger partial charge in [-0.15, -0.1) is 0 Å². The van der Waals surface area contributed by atoms with Gasteiger partial charge in [0, 0.05) is 39.3 Å². The number of ether oxygens (including phenoxy) is 2. The third-order valence-corrected chi connectivity index (χ3v) is 7.13. The van der Waals surface area contributed by atoms with Crippen molar-refractivity contribution >= 4 is 15.9 Å². The summed E-state index contributed by atoms with van der Waals surface area (Å²) < 4.78 is 38.3. The second kappa shape index (κ2) is 9.42. The minimum Gasteiger partial charge on any atom is -0.494 e. The van der Waals surface area contributed by atoms with Crippen molar-refractivity contribution in [2.24, 2.45) is 0 Å². The largest absolute Gasteiger partial charge is 0.494 e. The van der Waals surface area contributed by atoms with E-state index >= 15 is 0 Å². The molecule has 2 aliphatic heterocycles. The molecule has 0 N–H and O–H groups in total. The van der Waals surface area contributed by atoms with Crippen LogP contribution in [0.3, 0.4) is 0 Å². The first-order chi connectivity index (χ1) is 13.8. The fraction of sp³-hybridized carbons (Fsp3) is 0.650. The zero-order valence-corrected chi connectivity index (χ0v) is 18.2. The summed E-state index contributed by atoms with van der Waals surface area (Å²) in [6, 6.07) is 6.47. The van der Waals surface area contributed by atoms with E-state index in [0.717, 1.165) is 13.1 Å². The van der Waals surface area contributed by atoms with Gasteiger partial charge in [0.2, 0.25) is 15.9 Å². The lowest BCUT2D eigenvalue weighted by Crippen LogP contribution is -2.54. The van der Waals surface area contributed by atoms with Crippen LogP contribution in [-0.2, 0) is 19.6 Å². The van der Waals surface area contributed by atoms with Crippen molar-refractivity contribution in [3.8, 4) is 5.75 Å². The number of benzene rings is 1. The predicted octanol–water partition coefficient (Wildman–Crippen LogP) is 1.03. The van der Waals surface area contributed by atoms with Gasteiger partial charge in [-0.05, 0) is 45.0 Å². The van der Waals surface area contributed by atoms with E-state index in [2.05, 4.69) is 4.90 Å². The summed E-state index contributed by atoms with van der Waals surface area (Å²) in [6.07, 6.45) is 0.227. The molecule has 0 bridgehead atoms. The summed E-state index contributed by atoms with van der Waals surface area (Å²) in [5, 5.41) is 0. The Balaban J connectivity index is 1.54. The molecule has 2 saturated heterocycles. The predicted molar refractivity (Wildman–Crippen MR) is 109 cm³/mol. The molecule has 3 rings (SSSR count). The van der Waals surface area contributed by atoms with Gasteiger partial charge in [0.1, 0.15) is 5.75 Å². The number of sulfonamides is 1. The fourth-order valence-electron chi connectivity index (χ4n) is 3.91. The Morgan fingerprint density at radius 1 is 1.07 bits per heavy atom. The fourth-order valence-corrected chi connectivity index (χ4v) is 5.33. The van der Waals surface area contributed by atoms with E-state index in [1.165, 1.54) is 4.31 Å². The maximum Gasteiger partial charge on any atom is 0.243 e. The van der Waals surface area contributed by atoms with Crippen LogP contribution in [-0.4, -0.2) is 93.1 Å². The highest BCUT2D eigenvalue weighted by Crippen LogP contribution is 2.21. The maximum absolute atomic E-state index is 12.9. The van der Waals surface area contributed by atoms with Crippen LogP contribution in [0.4, 0.5) is 0 Å². The molecule has 29 heavy (non-hydrogen) atoms. The van der Waals surface area contributed by atoms with Crippen LogP contribution in [0.1, 0.15) is 20.8 Å². The van der Waals surface area contributed by atoms with Gasteiger partial charge < -0.3 is 14.4 Å². The number of piperazine rings is 1. The lowest BCUT2D eigenvalue weighted by molar-refractivity contribution is -0.137. The quantitative estimate of drug-likeness (QED) is 0.677. The summed E-state index contributed by atoms with van der Waals surface area (Å²) in [7, 11) is -3.57. The van der Waals surface area contributed by atoms with Crippen LogP contribution in [0.25, 0.3) is 0 Å². The zero-order chi connectivity index (χ0) is 21.0. The molecule has 162 valence electrons. The molecule has 0 saturated carbocycles. The standard InChI is InChI=1S/C20H31N3O5S/c1-4-27-18-5-7-19(8-6-18)29(25,26)23-11-9-22(10-12-23)20(24)15-21-13-16(2)28-17(3)14-21/h5-8,16-17H,4,9-15H2,1-3H3/t16-,17-/m1/s1. The summed E-state index contributed by atoms with van der Waals surface area (Å²) in [6.45, 7) is 9.68. The smallest absolute Gasteiger partial charge is 0.243 e. The van der Waals surface area contributed by atoms with Gasteiger partial charge in [0.25, 0.3) is 0 Å². The first-order valence-corrected chi connectivity index (χ1v) is 11.6. The van der Waals surface area contributed by atoms with E-state index in [9.17, 15) is 13.2 Å². The van der Waals surface area contributed by atoms with E-state index in [4.69, 9.17) is 9.47 Å². The summed E-state index contributed by atoms with van der Waals surface area (Å²) in [5.41, 5.74) is 0. The van der Waals surface area contributed by atoms with Gasteiger partial charge in [-0.3, -0.25) is 9.69 Å². The molecule has 0 aliphatic carbocycles. The molecule has 0 aromatic heterocycles. The first kappa shape index (κ1) is 22.0. The van der Waals surface area contributed by atoms with E-state index in [1.807, 2.05) is 20.8 Å². The van der Waals surface area contributed by atoms with Crippen molar-refractivity contribution in [1.29, 1.82) is 0 Å². The van der Waals surface area contributed by atoms with Crippen LogP contribution in [0, 0.1) is 0 Å². The van der Waals surface area contributed by atoms with Crippen LogP contribution < -0.4 is 4.74 Å². The van der Waals surface area contributed by atoms with Crippen molar-refractivity contribution in [2.45, 2.75) is 37.9 Å². The Morgan fingerprint density at radius 3 is 2.21 bits per heavy atom. The number of amides is 1. The van der Waals surface area contributed by atoms with E-state index in [0.29, 0.717) is 45.1 Å². The number of hydrogen-bond donors (Lipinski definition) is 0. The number of rotatable bonds is 6. The van der Waals surface area contributed by atoms with Crippen LogP contribution in [0.5, 0.6) is 5.75 Å². The maximum atomic E-state index is 12.9. The lowest BCUT2D eigenvalue weighted by atomic mass is 10.2. The molecule has 2 heterocycles. The van der Waals surface area contributed by atoms with Crippen molar-refractivity contribution in [3.05, 3.63) is 24.3 Å². The molecule has 0 unspecified atom stereocenters. The summed E-state index contributed by atoms with van der Waals surface area (Å²) in [4.78, 5) is 16.8. The minimum atomic E-state index is -3.57. The second-order valence-corrected chi connectivity index (χ2v) is 9.58. The lowest BCUT2D eigenvalue weighted by Gasteiger charge is -2.38. The SMILES string of the molecule is CCOc1ccc(S(=O)(=O)N2CCN(C(=O)CN3C[C@@H](C)O[C@H](C)C3)CC2)cc1. The number of hydrogen-bond acceptors (Lipinski definition) is 6. The highest BCUT2D eigenvalue weighted by Gasteiger charge is 2.31. The monoisotopic (exact) mass is 425 g/mol. The van der Waals surface area contributed by atoms with E-state index < -0.39 is 10.0 Å². The van der Waals surface area contributed by atoms with Crippen molar-refractivity contribution in [1.82, 2.24) is 14.1 Å². The van der Waals surface area contributed by atoms with Crippen LogP contribution in [0.15, 0.2) is 29.2 Å². The average molecular weight is 426 g/mol. The molecule has 1 aromatic rings. The zero-order valence-electron chi connectivity index (χ0n) is 17.4. The number of morpholine rings is 1. The molecular formula is C20H31N3O5S. The molecule has 2 atom stereocenters. The molecule has 1 amide bonds. The van der Waals surface area contributed by atoms with Crippen LogP contribution in [0.2, 0.25) is 0 Å². The molecule has 9 heteroatoms. The highest BCUT2D eigenvalue weighted by atomic mass is 32.2. The molecular weight excluding hydrogens is 394 g/mol. The number of carbonyl (C=O) groups is 1. The van der Waals surface area contributed by atoms with Crippen LogP contribution >= 0.6 is 0 Å². The Labute approximate surface area is 173 Å². The molecule has 2 aliphatic rings. The average Bonchev–Trinajstić information content (AvgIpc) is 2.68. The Bertz CT molecular complexity index is 781. The Hall–Kier alpha value is -1.68. The van der Waals surface area contributed by atoms with Gasteiger partial charge in [-0.25, -0.2) is 8.42 Å². The van der Waals surface area contributed by atoms with Crippen molar-refractivity contribution < 1.29 is 22.7 Å². The van der Waals surface area contributed by atoms with Gasteiger partial charge in [0.05, 0.1) is 30.3 Å². The molecule has 1 aromatic carbocycles. The summed E-state index contributed by atoms with van der Waals surface area (Å²) >= 11 is 0. The number of nitrogens with zero attached hydrogens (tertiary/aromatic N) is 3. The highest BCUT2D eigenvalue weighted by molar-refractivity contribution is 7.89. The minimum absolute atomic E-state index is 0.0458. The van der Waals surface area contributed by atoms with E-state index in [-0.39, 0.29) is 23.0 Å². The third kappa shape index (κ3) is 5.48. The van der Waals surface area contributed by atoms with Gasteiger partial charge in [-0.2, -0.15) is 4.31 Å². The normalized spacial score (nSPS) is 24.4. The van der Waals surface area contributed by atoms with Crippen molar-refractivity contribution in [3.63, 3.8) is 0 Å². The molecule has 2 fully saturated rings. The van der Waals surface area contributed by atoms with E-state index in [1.54, 1.807) is 29.2 Å². The summed E-state index contributed by atoms with van der Waals surface area (Å²) in [5.74, 6) is 0.693. The van der Waals surface area contributed by atoms with Gasteiger partial charge in [0.15, 0.2) is 0 Å². The molecule has 0 radical (unpaired) electrons. The Kier molecular flexibility index (Phi) is 7.15. The number of carbonyl (C=O) groups excluding carboxylic acids is 1. The van der Waals surface area contributed by atoms with Crippen molar-refractivity contribution in [2.75, 3.05) is 52.4 Å². The Morgan fingerprint density at radius 2 is 1.66 bits per heavy atom. The van der Waals surface area contributed by atoms with Gasteiger partial charge in [-0.1, -0.05) is 0 Å². The second-order valence-electron chi connectivity index (χ2n) is 7.64. The third-order valence-electron chi connectivity index (χ3n) is 5.22. The topological polar surface area (TPSA) is 79.4 Å². The first-order valence-electron chi connectivity index (χ1n) is 10.2. The molecule has 8 nitrogen and oxygen atoms in total. The molecule has 0 spiro atoms.